The molecule has 2 unspecified atom stereocenters. The fourth-order valence-corrected chi connectivity index (χ4v) is 1.40. The van der Waals surface area contributed by atoms with Gasteiger partial charge in [0.05, 0.1) is 0 Å². The number of alkyl halides is 1. The summed E-state index contributed by atoms with van der Waals surface area (Å²) in [5.74, 6) is -0.443. The first kappa shape index (κ1) is 16.2. The molecule has 0 aromatic heterocycles. The van der Waals surface area contributed by atoms with Crippen LogP contribution in [0.5, 0.6) is 0 Å². The Hall–Kier alpha value is -0.770. The van der Waals surface area contributed by atoms with Crippen LogP contribution in [0.2, 0.25) is 0 Å². The molecule has 0 aliphatic rings. The summed E-state index contributed by atoms with van der Waals surface area (Å²) in [4.78, 5) is 24.9. The molecule has 1 N–H and O–H groups in total. The van der Waals surface area contributed by atoms with Gasteiger partial charge in [-0.1, -0.05) is 20.3 Å². The number of rotatable bonds is 6. The first-order valence-corrected chi connectivity index (χ1v) is 6.63. The SMILES string of the molecule is CCCCN(C(=O)NC(=O)C(C)Cl)C(C)CC. The van der Waals surface area contributed by atoms with E-state index in [2.05, 4.69) is 12.2 Å². The quantitative estimate of drug-likeness (QED) is 0.749. The molecule has 2 atom stereocenters. The molecule has 0 aromatic carbocycles. The highest BCUT2D eigenvalue weighted by Crippen LogP contribution is 2.06. The van der Waals surface area contributed by atoms with Crippen molar-refractivity contribution >= 4 is 23.5 Å². The van der Waals surface area contributed by atoms with E-state index in [1.165, 1.54) is 0 Å². The monoisotopic (exact) mass is 262 g/mol. The Balaban J connectivity index is 4.46. The first-order valence-electron chi connectivity index (χ1n) is 6.19. The summed E-state index contributed by atoms with van der Waals surface area (Å²) < 4.78 is 0. The maximum Gasteiger partial charge on any atom is 0.324 e. The molecule has 0 saturated carbocycles. The maximum atomic E-state index is 11.9. The standard InChI is InChI=1S/C12H23ClN2O2/c1-5-7-8-15(9(3)6-2)12(17)14-11(16)10(4)13/h9-10H,5-8H2,1-4H3,(H,14,16,17). The molecule has 17 heavy (non-hydrogen) atoms. The lowest BCUT2D eigenvalue weighted by atomic mass is 10.2. The predicted octanol–water partition coefficient (Wildman–Crippen LogP) is 2.75. The van der Waals surface area contributed by atoms with Crippen LogP contribution in [0.3, 0.4) is 0 Å². The summed E-state index contributed by atoms with van der Waals surface area (Å²) in [7, 11) is 0. The van der Waals surface area contributed by atoms with Crippen LogP contribution in [0.15, 0.2) is 0 Å². The summed E-state index contributed by atoms with van der Waals surface area (Å²) in [6, 6.07) is -0.217. The largest absolute Gasteiger partial charge is 0.324 e. The second-order valence-corrected chi connectivity index (χ2v) is 4.87. The van der Waals surface area contributed by atoms with E-state index < -0.39 is 11.3 Å². The van der Waals surface area contributed by atoms with E-state index in [1.54, 1.807) is 11.8 Å². The molecule has 0 aliphatic heterocycles. The van der Waals surface area contributed by atoms with Gasteiger partial charge in [0.1, 0.15) is 5.38 Å². The molecule has 0 spiro atoms. The number of nitrogens with zero attached hydrogens (tertiary/aromatic N) is 1. The Morgan fingerprint density at radius 1 is 1.29 bits per heavy atom. The van der Waals surface area contributed by atoms with Gasteiger partial charge in [-0.3, -0.25) is 10.1 Å². The van der Waals surface area contributed by atoms with Crippen LogP contribution in [0.25, 0.3) is 0 Å². The fourth-order valence-electron chi connectivity index (χ4n) is 1.35. The third-order valence-electron chi connectivity index (χ3n) is 2.73. The molecule has 0 saturated heterocycles. The number of hydrogen-bond donors (Lipinski definition) is 1. The molecule has 5 heteroatoms. The zero-order chi connectivity index (χ0) is 13.4. The second-order valence-electron chi connectivity index (χ2n) is 4.21. The van der Waals surface area contributed by atoms with Crippen LogP contribution in [0.4, 0.5) is 4.79 Å². The van der Waals surface area contributed by atoms with Gasteiger partial charge in [0.2, 0.25) is 5.91 Å². The summed E-state index contributed by atoms with van der Waals surface area (Å²) >= 11 is 5.61. The number of nitrogens with one attached hydrogen (secondary N) is 1. The molecule has 0 heterocycles. The molecule has 0 radical (unpaired) electrons. The van der Waals surface area contributed by atoms with E-state index in [1.807, 2.05) is 13.8 Å². The van der Waals surface area contributed by atoms with Crippen LogP contribution in [-0.2, 0) is 4.79 Å². The fraction of sp³-hybridized carbons (Fsp3) is 0.833. The number of imide groups is 1. The van der Waals surface area contributed by atoms with E-state index in [9.17, 15) is 9.59 Å². The highest BCUT2D eigenvalue weighted by Gasteiger charge is 2.21. The van der Waals surface area contributed by atoms with Gasteiger partial charge in [-0.15, -0.1) is 11.6 Å². The minimum absolute atomic E-state index is 0.125. The number of carbonyl (C=O) groups excluding carboxylic acids is 2. The van der Waals surface area contributed by atoms with Crippen molar-refractivity contribution < 1.29 is 9.59 Å². The number of amides is 3. The second kappa shape index (κ2) is 8.34. The van der Waals surface area contributed by atoms with Crippen molar-refractivity contribution in [2.24, 2.45) is 0 Å². The summed E-state index contributed by atoms with van der Waals surface area (Å²) in [5.41, 5.74) is 0. The lowest BCUT2D eigenvalue weighted by Crippen LogP contribution is -2.48. The zero-order valence-corrected chi connectivity index (χ0v) is 11.9. The van der Waals surface area contributed by atoms with Crippen molar-refractivity contribution in [3.8, 4) is 0 Å². The molecular weight excluding hydrogens is 240 g/mol. The van der Waals surface area contributed by atoms with Crippen LogP contribution < -0.4 is 5.32 Å². The smallest absolute Gasteiger partial charge is 0.322 e. The summed E-state index contributed by atoms with van der Waals surface area (Å²) in [6.07, 6.45) is 2.81. The van der Waals surface area contributed by atoms with Crippen molar-refractivity contribution in [3.05, 3.63) is 0 Å². The Bertz CT molecular complexity index is 257. The van der Waals surface area contributed by atoms with Gasteiger partial charge < -0.3 is 4.90 Å². The van der Waals surface area contributed by atoms with Gasteiger partial charge in [0, 0.05) is 12.6 Å². The molecular formula is C12H23ClN2O2. The van der Waals surface area contributed by atoms with E-state index >= 15 is 0 Å². The molecule has 0 rings (SSSR count). The van der Waals surface area contributed by atoms with Crippen LogP contribution >= 0.6 is 11.6 Å². The maximum absolute atomic E-state index is 11.9. The van der Waals surface area contributed by atoms with Crippen molar-refractivity contribution in [1.29, 1.82) is 0 Å². The Kier molecular flexibility index (Phi) is 7.96. The number of unbranched alkanes of at least 4 members (excludes halogenated alkanes) is 1. The lowest BCUT2D eigenvalue weighted by molar-refractivity contribution is -0.119. The molecule has 0 aromatic rings. The number of hydrogen-bond acceptors (Lipinski definition) is 2. The van der Waals surface area contributed by atoms with Crippen molar-refractivity contribution in [2.45, 2.75) is 58.4 Å². The zero-order valence-electron chi connectivity index (χ0n) is 11.1. The molecule has 0 aliphatic carbocycles. The van der Waals surface area contributed by atoms with Crippen LogP contribution in [0, 0.1) is 0 Å². The number of halogens is 1. The first-order chi connectivity index (χ1) is 7.93. The summed E-state index contributed by atoms with van der Waals surface area (Å²) in [5, 5.41) is 1.63. The van der Waals surface area contributed by atoms with Crippen molar-refractivity contribution in [2.75, 3.05) is 6.54 Å². The highest BCUT2D eigenvalue weighted by molar-refractivity contribution is 6.31. The lowest BCUT2D eigenvalue weighted by Gasteiger charge is -2.28. The van der Waals surface area contributed by atoms with E-state index in [0.29, 0.717) is 6.54 Å². The summed E-state index contributed by atoms with van der Waals surface area (Å²) in [6.45, 7) is 8.27. The van der Waals surface area contributed by atoms with Crippen molar-refractivity contribution in [3.63, 3.8) is 0 Å². The van der Waals surface area contributed by atoms with Gasteiger partial charge in [-0.05, 0) is 26.7 Å². The van der Waals surface area contributed by atoms with Gasteiger partial charge in [-0.2, -0.15) is 0 Å². The topological polar surface area (TPSA) is 49.4 Å². The average Bonchev–Trinajstić information content (AvgIpc) is 2.28. The molecule has 0 bridgehead atoms. The predicted molar refractivity (Wildman–Crippen MR) is 70.2 cm³/mol. The molecule has 100 valence electrons. The van der Waals surface area contributed by atoms with Crippen LogP contribution in [0.1, 0.15) is 47.0 Å². The number of urea groups is 1. The Labute approximate surface area is 109 Å². The average molecular weight is 263 g/mol. The Morgan fingerprint density at radius 2 is 1.88 bits per heavy atom. The highest BCUT2D eigenvalue weighted by atomic mass is 35.5. The van der Waals surface area contributed by atoms with E-state index in [4.69, 9.17) is 11.6 Å². The van der Waals surface area contributed by atoms with E-state index in [0.717, 1.165) is 19.3 Å². The van der Waals surface area contributed by atoms with E-state index in [-0.39, 0.29) is 12.1 Å². The number of carbonyl (C=O) groups is 2. The third-order valence-corrected chi connectivity index (χ3v) is 2.93. The normalized spacial score (nSPS) is 13.9. The third kappa shape index (κ3) is 5.91. The minimum Gasteiger partial charge on any atom is -0.322 e. The van der Waals surface area contributed by atoms with Gasteiger partial charge in [0.25, 0.3) is 0 Å². The van der Waals surface area contributed by atoms with Gasteiger partial charge in [0.15, 0.2) is 0 Å². The van der Waals surface area contributed by atoms with Crippen molar-refractivity contribution in [1.82, 2.24) is 10.2 Å². The molecule has 3 amide bonds. The van der Waals surface area contributed by atoms with Gasteiger partial charge >= 0.3 is 6.03 Å². The molecule has 0 fully saturated rings. The molecule has 4 nitrogen and oxygen atoms in total. The minimum atomic E-state index is -0.691. The van der Waals surface area contributed by atoms with Crippen LogP contribution in [-0.4, -0.2) is 34.8 Å². The Morgan fingerprint density at radius 3 is 2.29 bits per heavy atom. The van der Waals surface area contributed by atoms with Gasteiger partial charge in [-0.25, -0.2) is 4.79 Å².